The molecule has 12 heteroatoms. The summed E-state index contributed by atoms with van der Waals surface area (Å²) < 4.78 is 22.4. The number of piperazine rings is 1. The molecule has 3 aliphatic rings. The lowest BCUT2D eigenvalue weighted by atomic mass is 9.97. The number of hydrogen-bond acceptors (Lipinski definition) is 10. The van der Waals surface area contributed by atoms with Crippen LogP contribution in [0.25, 0.3) is 22.4 Å². The molecule has 0 spiro atoms. The quantitative estimate of drug-likeness (QED) is 0.258. The van der Waals surface area contributed by atoms with E-state index in [4.69, 9.17) is 10.5 Å². The van der Waals surface area contributed by atoms with Gasteiger partial charge in [-0.15, -0.1) is 0 Å². The van der Waals surface area contributed by atoms with Gasteiger partial charge >= 0.3 is 0 Å². The monoisotopic (exact) mass is 650 g/mol. The van der Waals surface area contributed by atoms with Crippen LogP contribution < -0.4 is 26.0 Å². The van der Waals surface area contributed by atoms with Crippen molar-refractivity contribution in [2.24, 2.45) is 17.8 Å². The first kappa shape index (κ1) is 31.8. The molecule has 2 fully saturated rings. The first-order valence-corrected chi connectivity index (χ1v) is 16.5. The van der Waals surface area contributed by atoms with Crippen LogP contribution in [0.1, 0.15) is 18.4 Å². The van der Waals surface area contributed by atoms with Gasteiger partial charge in [-0.25, -0.2) is 9.38 Å². The Balaban J connectivity index is 1.17. The Morgan fingerprint density at radius 3 is 2.52 bits per heavy atom. The average Bonchev–Trinajstić information content (AvgIpc) is 3.55. The molecule has 3 aliphatic heterocycles. The smallest absolute Gasteiger partial charge is 0.158 e. The van der Waals surface area contributed by atoms with Gasteiger partial charge in [0.25, 0.3) is 0 Å². The predicted molar refractivity (Wildman–Crippen MR) is 188 cm³/mol. The number of methoxy groups -OCH3 is 1. The molecule has 0 amide bonds. The van der Waals surface area contributed by atoms with Crippen LogP contribution in [-0.2, 0) is 12.7 Å². The van der Waals surface area contributed by atoms with Crippen molar-refractivity contribution in [3.8, 4) is 28.1 Å². The first-order valence-electron chi connectivity index (χ1n) is 16.5. The molecule has 2 saturated heterocycles. The minimum absolute atomic E-state index is 0.348. The number of ether oxygens (including phenoxy) is 1. The van der Waals surface area contributed by atoms with Crippen LogP contribution in [0.5, 0.6) is 5.75 Å². The molecule has 48 heavy (non-hydrogen) atoms. The standard InChI is InChI=1S/C36H43FN10O/c1-44-14-16-46(17-15-44)27-9-12-47(13-10-27)33-20-34(48-3)32(19-29(33)25-22-42-45(2)23-25)43-35-21-36(38,41-24-40-35)26-8-11-39-31(18-26)28-6-4-5-7-30(28)37/h4-8,11,18-24,27,43H,9-10,12-17,38H2,1-3H3,(H,40,41). The summed E-state index contributed by atoms with van der Waals surface area (Å²) in [6.45, 7) is 6.50. The maximum atomic E-state index is 14.6. The molecule has 11 nitrogen and oxygen atoms in total. The molecule has 0 aliphatic carbocycles. The van der Waals surface area contributed by atoms with Crippen LogP contribution in [0.3, 0.4) is 0 Å². The van der Waals surface area contributed by atoms with Gasteiger partial charge < -0.3 is 25.2 Å². The molecule has 7 rings (SSSR count). The number of aryl methyl sites for hydroxylation is 1. The zero-order valence-electron chi connectivity index (χ0n) is 27.7. The molecular formula is C36H43FN10O. The zero-order chi connectivity index (χ0) is 33.3. The summed E-state index contributed by atoms with van der Waals surface area (Å²) in [5.41, 5.74) is 11.2. The number of nitrogens with one attached hydrogen (secondary N) is 2. The van der Waals surface area contributed by atoms with Crippen molar-refractivity contribution in [3.63, 3.8) is 0 Å². The van der Waals surface area contributed by atoms with Crippen molar-refractivity contribution in [2.75, 3.05) is 63.6 Å². The summed E-state index contributed by atoms with van der Waals surface area (Å²) in [6.07, 6.45) is 11.2. The van der Waals surface area contributed by atoms with Gasteiger partial charge in [-0.05, 0) is 50.2 Å². The van der Waals surface area contributed by atoms with Crippen molar-refractivity contribution in [1.82, 2.24) is 29.9 Å². The molecule has 0 radical (unpaired) electrons. The molecule has 5 heterocycles. The molecule has 2 aromatic carbocycles. The van der Waals surface area contributed by atoms with E-state index in [9.17, 15) is 4.39 Å². The number of halogens is 1. The van der Waals surface area contributed by atoms with Crippen LogP contribution in [0.4, 0.5) is 15.8 Å². The number of aliphatic imine (C=N–C) groups is 1. The Kier molecular flexibility index (Phi) is 8.86. The third-order valence-electron chi connectivity index (χ3n) is 9.70. The number of nitrogens with two attached hydrogens (primary N) is 1. The SMILES string of the molecule is COc1cc(N2CCC(N3CCN(C)CC3)CC2)c(-c2cnn(C)c2)cc1NC1=CC(N)(c2ccnc(-c3ccccc3F)c2)N=CN1. The van der Waals surface area contributed by atoms with Crippen LogP contribution in [0, 0.1) is 5.82 Å². The van der Waals surface area contributed by atoms with E-state index in [1.807, 2.05) is 30.2 Å². The minimum atomic E-state index is -1.22. The third-order valence-corrected chi connectivity index (χ3v) is 9.70. The zero-order valence-corrected chi connectivity index (χ0v) is 27.7. The van der Waals surface area contributed by atoms with Crippen molar-refractivity contribution >= 4 is 17.7 Å². The molecule has 4 aromatic rings. The highest BCUT2D eigenvalue weighted by Gasteiger charge is 2.30. The van der Waals surface area contributed by atoms with E-state index in [1.54, 1.807) is 50.0 Å². The lowest BCUT2D eigenvalue weighted by Crippen LogP contribution is -2.52. The van der Waals surface area contributed by atoms with Gasteiger partial charge in [-0.2, -0.15) is 5.10 Å². The van der Waals surface area contributed by atoms with Gasteiger partial charge in [-0.1, -0.05) is 12.1 Å². The summed E-state index contributed by atoms with van der Waals surface area (Å²) in [6, 6.07) is 15.0. The minimum Gasteiger partial charge on any atom is -0.494 e. The molecule has 250 valence electrons. The summed E-state index contributed by atoms with van der Waals surface area (Å²) in [7, 11) is 5.83. The second-order valence-electron chi connectivity index (χ2n) is 12.9. The van der Waals surface area contributed by atoms with Crippen molar-refractivity contribution in [3.05, 3.63) is 90.4 Å². The Labute approximate surface area is 280 Å². The van der Waals surface area contributed by atoms with Gasteiger partial charge in [0.1, 0.15) is 17.4 Å². The number of likely N-dealkylation sites (N-methyl/N-ethyl adjacent to an activating group) is 1. The molecule has 1 unspecified atom stereocenters. The first-order chi connectivity index (χ1) is 23.3. The van der Waals surface area contributed by atoms with E-state index in [-0.39, 0.29) is 5.82 Å². The lowest BCUT2D eigenvalue weighted by molar-refractivity contribution is 0.0982. The number of benzene rings is 2. The summed E-state index contributed by atoms with van der Waals surface area (Å²) in [5, 5.41) is 11.2. The number of rotatable bonds is 8. The molecule has 0 bridgehead atoms. The predicted octanol–water partition coefficient (Wildman–Crippen LogP) is 4.21. The van der Waals surface area contributed by atoms with Crippen LogP contribution in [0.15, 0.2) is 84.0 Å². The largest absolute Gasteiger partial charge is 0.494 e. The van der Waals surface area contributed by atoms with Gasteiger partial charge in [0, 0.05) is 105 Å². The Morgan fingerprint density at radius 1 is 1.00 bits per heavy atom. The van der Waals surface area contributed by atoms with Gasteiger partial charge in [0.2, 0.25) is 0 Å². The average molecular weight is 651 g/mol. The number of anilines is 2. The highest BCUT2D eigenvalue weighted by Crippen LogP contribution is 2.41. The molecule has 0 saturated carbocycles. The summed E-state index contributed by atoms with van der Waals surface area (Å²) in [4.78, 5) is 16.5. The van der Waals surface area contributed by atoms with Crippen LogP contribution in [0.2, 0.25) is 0 Å². The second kappa shape index (κ2) is 13.4. The Hall–Kier alpha value is -4.78. The van der Waals surface area contributed by atoms with E-state index in [0.29, 0.717) is 34.4 Å². The number of pyridine rings is 1. The number of aromatic nitrogens is 3. The Bertz CT molecular complexity index is 1820. The topological polar surface area (TPSA) is 112 Å². The molecule has 4 N–H and O–H groups in total. The van der Waals surface area contributed by atoms with Gasteiger partial charge in [0.15, 0.2) is 5.66 Å². The van der Waals surface area contributed by atoms with E-state index in [0.717, 1.165) is 74.6 Å². The summed E-state index contributed by atoms with van der Waals surface area (Å²) >= 11 is 0. The lowest BCUT2D eigenvalue weighted by Gasteiger charge is -2.43. The van der Waals surface area contributed by atoms with E-state index < -0.39 is 5.66 Å². The fourth-order valence-corrected chi connectivity index (χ4v) is 6.93. The number of hydrogen-bond donors (Lipinski definition) is 3. The molecule has 2 aromatic heterocycles. The van der Waals surface area contributed by atoms with Gasteiger partial charge in [-0.3, -0.25) is 20.3 Å². The number of nitrogens with zero attached hydrogens (tertiary/aromatic N) is 7. The van der Waals surface area contributed by atoms with E-state index in [2.05, 4.69) is 59.6 Å². The van der Waals surface area contributed by atoms with E-state index in [1.165, 1.54) is 6.07 Å². The van der Waals surface area contributed by atoms with E-state index >= 15 is 0 Å². The second-order valence-corrected chi connectivity index (χ2v) is 12.9. The van der Waals surface area contributed by atoms with Crippen LogP contribution >= 0.6 is 0 Å². The molecular weight excluding hydrogens is 607 g/mol. The van der Waals surface area contributed by atoms with Crippen molar-refractivity contribution in [1.29, 1.82) is 0 Å². The normalized spacial score (nSPS) is 20.8. The third kappa shape index (κ3) is 6.51. The maximum Gasteiger partial charge on any atom is 0.158 e. The van der Waals surface area contributed by atoms with Gasteiger partial charge in [0.05, 0.1) is 31.0 Å². The fourth-order valence-electron chi connectivity index (χ4n) is 6.93. The Morgan fingerprint density at radius 2 is 1.79 bits per heavy atom. The maximum absolute atomic E-state index is 14.6. The summed E-state index contributed by atoms with van der Waals surface area (Å²) in [5.74, 6) is 0.990. The van der Waals surface area contributed by atoms with Crippen molar-refractivity contribution < 1.29 is 9.13 Å². The number of piperidine rings is 1. The highest BCUT2D eigenvalue weighted by atomic mass is 19.1. The van der Waals surface area contributed by atoms with Crippen molar-refractivity contribution in [2.45, 2.75) is 24.5 Å². The highest BCUT2D eigenvalue weighted by molar-refractivity contribution is 5.85. The fraction of sp³-hybridized carbons (Fsp3) is 0.361. The van der Waals surface area contributed by atoms with Crippen LogP contribution in [-0.4, -0.2) is 90.4 Å². The molecule has 1 atom stereocenters.